The van der Waals surface area contributed by atoms with Gasteiger partial charge in [-0.25, -0.2) is 4.79 Å². The normalized spacial score (nSPS) is 26.9. The van der Waals surface area contributed by atoms with Gasteiger partial charge in [0.1, 0.15) is 6.04 Å². The lowest BCUT2D eigenvalue weighted by Gasteiger charge is -2.31. The molecule has 0 spiro atoms. The first-order chi connectivity index (χ1) is 10.9. The molecule has 0 bridgehead atoms. The zero-order valence-electron chi connectivity index (χ0n) is 14.0. The lowest BCUT2D eigenvalue weighted by atomic mass is 9.77. The van der Waals surface area contributed by atoms with Gasteiger partial charge in [0.15, 0.2) is 0 Å². The van der Waals surface area contributed by atoms with Crippen LogP contribution in [0.15, 0.2) is 0 Å². The number of carbonyl (C=O) groups is 3. The molecule has 4 atom stereocenters. The van der Waals surface area contributed by atoms with Crippen molar-refractivity contribution in [2.24, 2.45) is 17.8 Å². The molecule has 2 saturated carbocycles. The summed E-state index contributed by atoms with van der Waals surface area (Å²) in [6.07, 6.45) is 5.92. The molecule has 0 aromatic heterocycles. The Hall–Kier alpha value is -1.59. The number of rotatable bonds is 7. The number of aliphatic carboxylic acids is 1. The topological polar surface area (TPSA) is 95.5 Å². The molecule has 2 rings (SSSR count). The zero-order valence-corrected chi connectivity index (χ0v) is 14.0. The molecule has 3 N–H and O–H groups in total. The van der Waals surface area contributed by atoms with E-state index in [2.05, 4.69) is 10.6 Å². The van der Waals surface area contributed by atoms with Crippen LogP contribution < -0.4 is 10.6 Å². The van der Waals surface area contributed by atoms with Gasteiger partial charge in [-0.15, -0.1) is 0 Å². The van der Waals surface area contributed by atoms with Crippen molar-refractivity contribution in [1.29, 1.82) is 0 Å². The van der Waals surface area contributed by atoms with Crippen LogP contribution in [0.2, 0.25) is 0 Å². The van der Waals surface area contributed by atoms with E-state index in [4.69, 9.17) is 0 Å². The van der Waals surface area contributed by atoms with Gasteiger partial charge < -0.3 is 15.7 Å². The summed E-state index contributed by atoms with van der Waals surface area (Å²) in [5, 5.41) is 15.0. The number of hydrogen-bond acceptors (Lipinski definition) is 3. The molecule has 2 fully saturated rings. The highest BCUT2D eigenvalue weighted by Gasteiger charge is 2.39. The molecule has 6 heteroatoms. The average molecular weight is 324 g/mol. The van der Waals surface area contributed by atoms with Crippen molar-refractivity contribution in [2.45, 2.75) is 70.9 Å². The van der Waals surface area contributed by atoms with Gasteiger partial charge in [-0.05, 0) is 31.6 Å². The maximum Gasteiger partial charge on any atom is 0.326 e. The molecule has 23 heavy (non-hydrogen) atoms. The minimum Gasteiger partial charge on any atom is -0.480 e. The summed E-state index contributed by atoms with van der Waals surface area (Å²) in [6.45, 7) is 3.72. The first-order valence-electron chi connectivity index (χ1n) is 8.77. The maximum atomic E-state index is 12.6. The highest BCUT2D eigenvalue weighted by molar-refractivity contribution is 5.90. The molecule has 0 heterocycles. The summed E-state index contributed by atoms with van der Waals surface area (Å²) in [4.78, 5) is 36.4. The third-order valence-electron chi connectivity index (χ3n) is 5.14. The first kappa shape index (κ1) is 17.8. The van der Waals surface area contributed by atoms with Crippen LogP contribution in [0.4, 0.5) is 0 Å². The van der Waals surface area contributed by atoms with E-state index in [-0.39, 0.29) is 29.7 Å². The van der Waals surface area contributed by atoms with E-state index < -0.39 is 17.9 Å². The highest BCUT2D eigenvalue weighted by Crippen LogP contribution is 2.32. The van der Waals surface area contributed by atoms with Crippen LogP contribution in [-0.4, -0.2) is 35.0 Å². The Bertz CT molecular complexity index is 462. The standard InChI is InChI=1S/C17H28N2O4/c1-3-10(2)14(17(22)23)19-16(21)13-7-5-4-6-12(13)15(20)18-11-8-9-11/h10-14H,3-9H2,1-2H3,(H,18,20)(H,19,21)(H,22,23). The minimum absolute atomic E-state index is 0.0391. The lowest BCUT2D eigenvalue weighted by Crippen LogP contribution is -2.50. The van der Waals surface area contributed by atoms with E-state index in [1.165, 1.54) is 0 Å². The number of carboxylic acid groups (broad SMARTS) is 1. The summed E-state index contributed by atoms with van der Waals surface area (Å²) in [5.41, 5.74) is 0. The largest absolute Gasteiger partial charge is 0.480 e. The third-order valence-corrected chi connectivity index (χ3v) is 5.14. The Labute approximate surface area is 137 Å². The summed E-state index contributed by atoms with van der Waals surface area (Å²) < 4.78 is 0. The van der Waals surface area contributed by atoms with E-state index >= 15 is 0 Å². The Kier molecular flexibility index (Phi) is 6.02. The highest BCUT2D eigenvalue weighted by atomic mass is 16.4. The molecular weight excluding hydrogens is 296 g/mol. The lowest BCUT2D eigenvalue weighted by molar-refractivity contribution is -0.145. The molecule has 0 aromatic rings. The Morgan fingerprint density at radius 1 is 1.04 bits per heavy atom. The van der Waals surface area contributed by atoms with Crippen LogP contribution >= 0.6 is 0 Å². The van der Waals surface area contributed by atoms with Crippen LogP contribution in [0, 0.1) is 17.8 Å². The molecule has 0 aliphatic heterocycles. The van der Waals surface area contributed by atoms with E-state index in [9.17, 15) is 19.5 Å². The van der Waals surface area contributed by atoms with E-state index in [0.29, 0.717) is 19.3 Å². The molecule has 2 aliphatic carbocycles. The van der Waals surface area contributed by atoms with Crippen LogP contribution in [0.5, 0.6) is 0 Å². The first-order valence-corrected chi connectivity index (χ1v) is 8.77. The minimum atomic E-state index is -1.01. The van der Waals surface area contributed by atoms with Crippen molar-refractivity contribution in [3.8, 4) is 0 Å². The predicted octanol–water partition coefficient (Wildman–Crippen LogP) is 1.69. The number of amides is 2. The van der Waals surface area contributed by atoms with Crippen molar-refractivity contribution in [1.82, 2.24) is 10.6 Å². The maximum absolute atomic E-state index is 12.6. The second-order valence-electron chi connectivity index (χ2n) is 6.99. The quantitative estimate of drug-likeness (QED) is 0.664. The van der Waals surface area contributed by atoms with E-state index in [1.54, 1.807) is 0 Å². The fraction of sp³-hybridized carbons (Fsp3) is 0.824. The Morgan fingerprint density at radius 2 is 1.61 bits per heavy atom. The number of carboxylic acids is 1. The van der Waals surface area contributed by atoms with E-state index in [1.807, 2.05) is 13.8 Å². The molecule has 2 aliphatic rings. The summed E-state index contributed by atoms with van der Waals surface area (Å²) in [7, 11) is 0. The van der Waals surface area contributed by atoms with Crippen LogP contribution in [0.1, 0.15) is 58.8 Å². The molecule has 6 nitrogen and oxygen atoms in total. The fourth-order valence-corrected chi connectivity index (χ4v) is 3.24. The molecule has 130 valence electrons. The molecule has 0 saturated heterocycles. The molecular formula is C17H28N2O4. The number of carbonyl (C=O) groups excluding carboxylic acids is 2. The Morgan fingerprint density at radius 3 is 2.09 bits per heavy atom. The van der Waals surface area contributed by atoms with Crippen molar-refractivity contribution in [3.63, 3.8) is 0 Å². The van der Waals surface area contributed by atoms with Crippen LogP contribution in [0.3, 0.4) is 0 Å². The van der Waals surface area contributed by atoms with Gasteiger partial charge in [0, 0.05) is 17.9 Å². The van der Waals surface area contributed by atoms with E-state index in [0.717, 1.165) is 25.7 Å². The van der Waals surface area contributed by atoms with Crippen LogP contribution in [-0.2, 0) is 14.4 Å². The molecule has 4 unspecified atom stereocenters. The molecule has 0 radical (unpaired) electrons. The second-order valence-corrected chi connectivity index (χ2v) is 6.99. The van der Waals surface area contributed by atoms with Gasteiger partial charge in [-0.3, -0.25) is 9.59 Å². The van der Waals surface area contributed by atoms with Crippen molar-refractivity contribution in [2.75, 3.05) is 0 Å². The Balaban J connectivity index is 2.01. The van der Waals surface area contributed by atoms with Crippen molar-refractivity contribution >= 4 is 17.8 Å². The molecule has 0 aromatic carbocycles. The van der Waals surface area contributed by atoms with Crippen molar-refractivity contribution < 1.29 is 19.5 Å². The van der Waals surface area contributed by atoms with Gasteiger partial charge in [0.05, 0.1) is 0 Å². The fourth-order valence-electron chi connectivity index (χ4n) is 3.24. The van der Waals surface area contributed by atoms with Gasteiger partial charge in [0.2, 0.25) is 11.8 Å². The van der Waals surface area contributed by atoms with Gasteiger partial charge in [0.25, 0.3) is 0 Å². The van der Waals surface area contributed by atoms with Gasteiger partial charge in [-0.1, -0.05) is 33.1 Å². The summed E-state index contributed by atoms with van der Waals surface area (Å²) in [6, 6.07) is -0.610. The van der Waals surface area contributed by atoms with Crippen molar-refractivity contribution in [3.05, 3.63) is 0 Å². The average Bonchev–Trinajstić information content (AvgIpc) is 3.35. The number of hydrogen-bond donors (Lipinski definition) is 3. The smallest absolute Gasteiger partial charge is 0.326 e. The zero-order chi connectivity index (χ0) is 17.0. The monoisotopic (exact) mass is 324 g/mol. The second kappa shape index (κ2) is 7.79. The predicted molar refractivity (Wildman–Crippen MR) is 85.6 cm³/mol. The summed E-state index contributed by atoms with van der Waals surface area (Å²) in [5.74, 6) is -2.21. The summed E-state index contributed by atoms with van der Waals surface area (Å²) >= 11 is 0. The van der Waals surface area contributed by atoms with Crippen LogP contribution in [0.25, 0.3) is 0 Å². The van der Waals surface area contributed by atoms with Gasteiger partial charge in [-0.2, -0.15) is 0 Å². The number of nitrogens with one attached hydrogen (secondary N) is 2. The van der Waals surface area contributed by atoms with Gasteiger partial charge >= 0.3 is 5.97 Å². The third kappa shape index (κ3) is 4.69. The SMILES string of the molecule is CCC(C)C(NC(=O)C1CCCCC1C(=O)NC1CC1)C(=O)O. The molecule has 2 amide bonds.